The average molecular weight is 417 g/mol. The number of halogens is 1. The van der Waals surface area contributed by atoms with Crippen molar-refractivity contribution < 1.29 is 4.42 Å². The van der Waals surface area contributed by atoms with Gasteiger partial charge in [0, 0.05) is 17.8 Å². The minimum atomic E-state index is -0.274. The standard InChI is InChI=1S/C23H17ClN4O2/c1-13-9-15(14(2)27-17-6-7-22(24)28-19(17)12-25)23-16(10-13)20(29)11-21(30-23)18-5-3-4-8-26-18/h3-11,14,27H,1-2H3/t14-/m1/s1. The van der Waals surface area contributed by atoms with Gasteiger partial charge in [0.25, 0.3) is 0 Å². The van der Waals surface area contributed by atoms with Crippen molar-refractivity contribution >= 4 is 28.3 Å². The lowest BCUT2D eigenvalue weighted by atomic mass is 10.0. The third-order valence-electron chi connectivity index (χ3n) is 4.72. The van der Waals surface area contributed by atoms with Crippen molar-refractivity contribution in [2.45, 2.75) is 19.9 Å². The summed E-state index contributed by atoms with van der Waals surface area (Å²) in [5.74, 6) is 0.399. The molecule has 7 heteroatoms. The van der Waals surface area contributed by atoms with Crippen LogP contribution in [-0.4, -0.2) is 9.97 Å². The van der Waals surface area contributed by atoms with Crippen LogP contribution in [0.25, 0.3) is 22.4 Å². The number of rotatable bonds is 4. The van der Waals surface area contributed by atoms with Crippen LogP contribution in [-0.2, 0) is 0 Å². The zero-order chi connectivity index (χ0) is 21.3. The van der Waals surface area contributed by atoms with Crippen LogP contribution in [0.1, 0.15) is 29.8 Å². The normalized spacial score (nSPS) is 11.8. The molecule has 148 valence electrons. The second-order valence-corrected chi connectivity index (χ2v) is 7.32. The molecular weight excluding hydrogens is 400 g/mol. The summed E-state index contributed by atoms with van der Waals surface area (Å²) in [6.07, 6.45) is 1.65. The minimum absolute atomic E-state index is 0.139. The van der Waals surface area contributed by atoms with Gasteiger partial charge >= 0.3 is 0 Å². The predicted molar refractivity (Wildman–Crippen MR) is 116 cm³/mol. The Balaban J connectivity index is 1.85. The van der Waals surface area contributed by atoms with Gasteiger partial charge in [0.2, 0.25) is 0 Å². The Morgan fingerprint density at radius 2 is 2.03 bits per heavy atom. The van der Waals surface area contributed by atoms with Gasteiger partial charge in [-0.2, -0.15) is 5.26 Å². The first-order valence-electron chi connectivity index (χ1n) is 9.29. The number of hydrogen-bond donors (Lipinski definition) is 1. The van der Waals surface area contributed by atoms with Gasteiger partial charge < -0.3 is 9.73 Å². The number of aromatic nitrogens is 2. The lowest BCUT2D eigenvalue weighted by Gasteiger charge is -2.18. The first-order chi connectivity index (χ1) is 14.5. The summed E-state index contributed by atoms with van der Waals surface area (Å²) in [5.41, 5.74) is 3.39. The molecule has 0 aliphatic carbocycles. The van der Waals surface area contributed by atoms with E-state index >= 15 is 0 Å². The van der Waals surface area contributed by atoms with E-state index in [2.05, 4.69) is 15.3 Å². The maximum absolute atomic E-state index is 12.8. The molecule has 1 atom stereocenters. The van der Waals surface area contributed by atoms with Crippen molar-refractivity contribution in [3.63, 3.8) is 0 Å². The van der Waals surface area contributed by atoms with Crippen LogP contribution >= 0.6 is 11.6 Å². The van der Waals surface area contributed by atoms with E-state index in [1.807, 2.05) is 38.1 Å². The summed E-state index contributed by atoms with van der Waals surface area (Å²) < 4.78 is 6.15. The van der Waals surface area contributed by atoms with Gasteiger partial charge in [-0.05, 0) is 49.7 Å². The molecule has 1 aromatic carbocycles. The second kappa shape index (κ2) is 7.97. The number of pyridine rings is 2. The Labute approximate surface area is 177 Å². The second-order valence-electron chi connectivity index (χ2n) is 6.93. The molecule has 4 rings (SSSR count). The molecule has 0 amide bonds. The molecule has 4 aromatic rings. The number of aryl methyl sites for hydroxylation is 1. The van der Waals surface area contributed by atoms with Crippen LogP contribution < -0.4 is 10.7 Å². The number of nitrogens with one attached hydrogen (secondary N) is 1. The van der Waals surface area contributed by atoms with Crippen molar-refractivity contribution in [1.82, 2.24) is 9.97 Å². The molecule has 1 N–H and O–H groups in total. The third kappa shape index (κ3) is 3.76. The van der Waals surface area contributed by atoms with E-state index in [9.17, 15) is 10.1 Å². The molecular formula is C23H17ClN4O2. The molecule has 0 unspecified atom stereocenters. The first kappa shape index (κ1) is 19.6. The zero-order valence-corrected chi connectivity index (χ0v) is 17.1. The van der Waals surface area contributed by atoms with E-state index in [4.69, 9.17) is 16.0 Å². The number of anilines is 1. The Kier molecular flexibility index (Phi) is 5.21. The maximum Gasteiger partial charge on any atom is 0.193 e. The average Bonchev–Trinajstić information content (AvgIpc) is 2.75. The van der Waals surface area contributed by atoms with E-state index in [0.717, 1.165) is 11.1 Å². The summed E-state index contributed by atoms with van der Waals surface area (Å²) in [7, 11) is 0. The lowest BCUT2D eigenvalue weighted by molar-refractivity contribution is 0.607. The fourth-order valence-electron chi connectivity index (χ4n) is 3.34. The number of hydrogen-bond acceptors (Lipinski definition) is 6. The van der Waals surface area contributed by atoms with Gasteiger partial charge in [-0.15, -0.1) is 0 Å². The van der Waals surface area contributed by atoms with Gasteiger partial charge in [0.1, 0.15) is 22.5 Å². The number of fused-ring (bicyclic) bond motifs is 1. The summed E-state index contributed by atoms with van der Waals surface area (Å²) in [6, 6.07) is 15.7. The SMILES string of the molecule is Cc1cc([C@@H](C)Nc2ccc(Cl)nc2C#N)c2oc(-c3ccccn3)cc(=O)c2c1. The highest BCUT2D eigenvalue weighted by molar-refractivity contribution is 6.29. The number of benzene rings is 1. The summed E-state index contributed by atoms with van der Waals surface area (Å²) in [4.78, 5) is 21.1. The minimum Gasteiger partial charge on any atom is -0.454 e. The van der Waals surface area contributed by atoms with Crippen LogP contribution in [0, 0.1) is 18.3 Å². The Hall–Kier alpha value is -3.69. The fraction of sp³-hybridized carbons (Fsp3) is 0.130. The van der Waals surface area contributed by atoms with E-state index < -0.39 is 0 Å². The Bertz CT molecular complexity index is 1340. The third-order valence-corrected chi connectivity index (χ3v) is 4.94. The van der Waals surface area contributed by atoms with Gasteiger partial charge in [0.05, 0.1) is 17.1 Å². The largest absolute Gasteiger partial charge is 0.454 e. The summed E-state index contributed by atoms with van der Waals surface area (Å²) in [6.45, 7) is 3.85. The van der Waals surface area contributed by atoms with E-state index in [1.54, 1.807) is 30.5 Å². The molecule has 0 saturated heterocycles. The predicted octanol–water partition coefficient (Wildman–Crippen LogP) is 5.26. The molecule has 0 fully saturated rings. The Morgan fingerprint density at radius 1 is 1.20 bits per heavy atom. The molecule has 0 spiro atoms. The first-order valence-corrected chi connectivity index (χ1v) is 9.67. The van der Waals surface area contributed by atoms with Crippen molar-refractivity contribution in [3.8, 4) is 17.5 Å². The van der Waals surface area contributed by atoms with E-state index in [1.165, 1.54) is 6.07 Å². The van der Waals surface area contributed by atoms with Gasteiger partial charge in [-0.3, -0.25) is 9.78 Å². The highest BCUT2D eigenvalue weighted by Crippen LogP contribution is 2.30. The van der Waals surface area contributed by atoms with Crippen LogP contribution in [0.4, 0.5) is 5.69 Å². The van der Waals surface area contributed by atoms with E-state index in [0.29, 0.717) is 28.1 Å². The number of nitriles is 1. The lowest BCUT2D eigenvalue weighted by Crippen LogP contribution is -2.11. The quantitative estimate of drug-likeness (QED) is 0.456. The van der Waals surface area contributed by atoms with Crippen molar-refractivity contribution in [2.75, 3.05) is 5.32 Å². The summed E-state index contributed by atoms with van der Waals surface area (Å²) in [5, 5.41) is 13.4. The molecule has 0 aliphatic rings. The molecule has 30 heavy (non-hydrogen) atoms. The highest BCUT2D eigenvalue weighted by atomic mass is 35.5. The van der Waals surface area contributed by atoms with Crippen LogP contribution in [0.2, 0.25) is 5.15 Å². The smallest absolute Gasteiger partial charge is 0.193 e. The topological polar surface area (TPSA) is 91.8 Å². The molecule has 6 nitrogen and oxygen atoms in total. The van der Waals surface area contributed by atoms with Crippen LogP contribution in [0.5, 0.6) is 0 Å². The molecule has 0 aliphatic heterocycles. The molecule has 0 bridgehead atoms. The highest BCUT2D eigenvalue weighted by Gasteiger charge is 2.18. The molecule has 3 heterocycles. The van der Waals surface area contributed by atoms with Gasteiger partial charge in [-0.25, -0.2) is 4.98 Å². The monoisotopic (exact) mass is 416 g/mol. The van der Waals surface area contributed by atoms with E-state index in [-0.39, 0.29) is 22.3 Å². The zero-order valence-electron chi connectivity index (χ0n) is 16.3. The van der Waals surface area contributed by atoms with Gasteiger partial charge in [0.15, 0.2) is 16.9 Å². The molecule has 3 aromatic heterocycles. The van der Waals surface area contributed by atoms with Crippen molar-refractivity contribution in [3.05, 3.63) is 86.9 Å². The van der Waals surface area contributed by atoms with Crippen molar-refractivity contribution in [1.29, 1.82) is 5.26 Å². The summed E-state index contributed by atoms with van der Waals surface area (Å²) >= 11 is 5.90. The molecule has 0 radical (unpaired) electrons. The van der Waals surface area contributed by atoms with Crippen LogP contribution in [0.3, 0.4) is 0 Å². The fourth-order valence-corrected chi connectivity index (χ4v) is 3.49. The van der Waals surface area contributed by atoms with Crippen LogP contribution in [0.15, 0.2) is 63.9 Å². The van der Waals surface area contributed by atoms with Crippen molar-refractivity contribution in [2.24, 2.45) is 0 Å². The van der Waals surface area contributed by atoms with Gasteiger partial charge in [-0.1, -0.05) is 23.7 Å². The Morgan fingerprint density at radius 3 is 2.77 bits per heavy atom. The maximum atomic E-state index is 12.8. The number of nitrogens with zero attached hydrogens (tertiary/aromatic N) is 3. The molecule has 0 saturated carbocycles.